The monoisotopic (exact) mass is 332 g/mol. The molecule has 1 aliphatic heterocycles. The maximum absolute atomic E-state index is 6.19. The van der Waals surface area contributed by atoms with E-state index >= 15 is 0 Å². The number of thiophene rings is 1. The lowest BCUT2D eigenvalue weighted by Crippen LogP contribution is -2.44. The van der Waals surface area contributed by atoms with Crippen molar-refractivity contribution in [1.82, 2.24) is 4.90 Å². The van der Waals surface area contributed by atoms with Gasteiger partial charge in [-0.3, -0.25) is 4.90 Å². The average Bonchev–Trinajstić information content (AvgIpc) is 2.76. The van der Waals surface area contributed by atoms with Crippen molar-refractivity contribution in [3.05, 3.63) is 20.8 Å². The van der Waals surface area contributed by atoms with E-state index in [0.29, 0.717) is 12.1 Å². The molecule has 18 heavy (non-hydrogen) atoms. The van der Waals surface area contributed by atoms with E-state index in [1.54, 1.807) is 18.4 Å². The van der Waals surface area contributed by atoms with Crippen molar-refractivity contribution in [2.75, 3.05) is 20.2 Å². The van der Waals surface area contributed by atoms with Crippen LogP contribution >= 0.6 is 27.3 Å². The van der Waals surface area contributed by atoms with Crippen LogP contribution in [0.5, 0.6) is 0 Å². The first-order valence-electron chi connectivity index (χ1n) is 6.39. The van der Waals surface area contributed by atoms with Gasteiger partial charge in [-0.25, -0.2) is 0 Å². The van der Waals surface area contributed by atoms with E-state index in [1.165, 1.54) is 8.66 Å². The molecule has 2 unspecified atom stereocenters. The highest BCUT2D eigenvalue weighted by Crippen LogP contribution is 2.34. The molecule has 5 heteroatoms. The summed E-state index contributed by atoms with van der Waals surface area (Å²) in [5, 5.41) is 0. The Labute approximate surface area is 121 Å². The number of piperidine rings is 1. The van der Waals surface area contributed by atoms with Crippen LogP contribution in [-0.2, 0) is 4.74 Å². The summed E-state index contributed by atoms with van der Waals surface area (Å²) < 4.78 is 6.60. The summed E-state index contributed by atoms with van der Waals surface area (Å²) in [6, 6.07) is 4.77. The Hall–Kier alpha value is 0.0600. The first-order valence-corrected chi connectivity index (χ1v) is 8.00. The van der Waals surface area contributed by atoms with E-state index in [-0.39, 0.29) is 6.04 Å². The maximum Gasteiger partial charge on any atom is 0.0702 e. The van der Waals surface area contributed by atoms with Gasteiger partial charge >= 0.3 is 0 Å². The molecule has 2 N–H and O–H groups in total. The minimum Gasteiger partial charge on any atom is -0.381 e. The maximum atomic E-state index is 6.19. The average molecular weight is 333 g/mol. The SMILES string of the molecule is COC1CCN(C(c2ccc(Br)s2)C(C)N)CC1. The third kappa shape index (κ3) is 3.33. The molecular formula is C13H21BrN2OS. The van der Waals surface area contributed by atoms with Crippen molar-refractivity contribution in [2.45, 2.75) is 38.0 Å². The molecule has 2 atom stereocenters. The zero-order valence-electron chi connectivity index (χ0n) is 10.9. The fourth-order valence-corrected chi connectivity index (χ4v) is 4.32. The van der Waals surface area contributed by atoms with Gasteiger partial charge in [-0.05, 0) is 47.8 Å². The molecule has 0 amide bonds. The number of halogens is 1. The molecule has 102 valence electrons. The summed E-state index contributed by atoms with van der Waals surface area (Å²) in [4.78, 5) is 3.85. The molecule has 0 aliphatic carbocycles. The Kier molecular flexibility index (Phi) is 5.21. The van der Waals surface area contributed by atoms with E-state index in [2.05, 4.69) is 39.9 Å². The molecule has 2 rings (SSSR count). The normalized spacial score (nSPS) is 22.0. The topological polar surface area (TPSA) is 38.5 Å². The third-order valence-corrected chi connectivity index (χ3v) is 5.28. The van der Waals surface area contributed by atoms with Crippen molar-refractivity contribution in [3.63, 3.8) is 0 Å². The molecule has 2 heterocycles. The second-order valence-corrected chi connectivity index (χ2v) is 7.41. The number of nitrogens with two attached hydrogens (primary N) is 1. The summed E-state index contributed by atoms with van der Waals surface area (Å²) in [5.41, 5.74) is 6.19. The zero-order valence-corrected chi connectivity index (χ0v) is 13.3. The van der Waals surface area contributed by atoms with Crippen molar-refractivity contribution < 1.29 is 4.74 Å². The molecule has 1 saturated heterocycles. The molecular weight excluding hydrogens is 312 g/mol. The summed E-state index contributed by atoms with van der Waals surface area (Å²) in [5.74, 6) is 0. The van der Waals surface area contributed by atoms with E-state index in [9.17, 15) is 0 Å². The summed E-state index contributed by atoms with van der Waals surface area (Å²) >= 11 is 5.32. The fraction of sp³-hybridized carbons (Fsp3) is 0.692. The van der Waals surface area contributed by atoms with Gasteiger partial charge in [0.1, 0.15) is 0 Å². The van der Waals surface area contributed by atoms with Crippen molar-refractivity contribution >= 4 is 27.3 Å². The van der Waals surface area contributed by atoms with E-state index in [0.717, 1.165) is 25.9 Å². The number of hydrogen-bond acceptors (Lipinski definition) is 4. The van der Waals surface area contributed by atoms with Crippen LogP contribution in [0.2, 0.25) is 0 Å². The highest BCUT2D eigenvalue weighted by molar-refractivity contribution is 9.11. The number of nitrogens with zero attached hydrogens (tertiary/aromatic N) is 1. The van der Waals surface area contributed by atoms with Gasteiger partial charge in [-0.2, -0.15) is 0 Å². The van der Waals surface area contributed by atoms with Crippen LogP contribution in [0.25, 0.3) is 0 Å². The molecule has 0 spiro atoms. The van der Waals surface area contributed by atoms with Gasteiger partial charge in [-0.15, -0.1) is 11.3 Å². The molecule has 1 fully saturated rings. The number of likely N-dealkylation sites (tertiary alicyclic amines) is 1. The van der Waals surface area contributed by atoms with Gasteiger partial charge in [0.05, 0.1) is 15.9 Å². The second kappa shape index (κ2) is 6.48. The third-order valence-electron chi connectivity index (χ3n) is 3.59. The Morgan fingerprint density at radius 3 is 2.56 bits per heavy atom. The standard InChI is InChI=1S/C13H21BrN2OS/c1-9(15)13(11-3-4-12(14)18-11)16-7-5-10(17-2)6-8-16/h3-4,9-10,13H,5-8,15H2,1-2H3. The smallest absolute Gasteiger partial charge is 0.0702 e. The van der Waals surface area contributed by atoms with Crippen LogP contribution in [-0.4, -0.2) is 37.2 Å². The summed E-state index contributed by atoms with van der Waals surface area (Å²) in [6.45, 7) is 4.24. The number of rotatable bonds is 4. The van der Waals surface area contributed by atoms with Crippen molar-refractivity contribution in [1.29, 1.82) is 0 Å². The molecule has 0 radical (unpaired) electrons. The Morgan fingerprint density at radius 1 is 1.44 bits per heavy atom. The lowest BCUT2D eigenvalue weighted by atomic mass is 10.0. The second-order valence-electron chi connectivity index (χ2n) is 4.92. The van der Waals surface area contributed by atoms with Gasteiger partial charge in [0.2, 0.25) is 0 Å². The first kappa shape index (κ1) is 14.5. The van der Waals surface area contributed by atoms with Crippen LogP contribution < -0.4 is 5.73 Å². The molecule has 3 nitrogen and oxygen atoms in total. The van der Waals surface area contributed by atoms with Gasteiger partial charge < -0.3 is 10.5 Å². The van der Waals surface area contributed by atoms with Crippen LogP contribution in [0.3, 0.4) is 0 Å². The van der Waals surface area contributed by atoms with E-state index < -0.39 is 0 Å². The molecule has 1 aromatic heterocycles. The quantitative estimate of drug-likeness (QED) is 0.921. The Bertz CT molecular complexity index is 375. The van der Waals surface area contributed by atoms with Gasteiger partial charge in [0, 0.05) is 31.1 Å². The van der Waals surface area contributed by atoms with Crippen molar-refractivity contribution in [2.24, 2.45) is 5.73 Å². The minimum absolute atomic E-state index is 0.148. The fourth-order valence-electron chi connectivity index (χ4n) is 2.65. The first-order chi connectivity index (χ1) is 8.61. The molecule has 0 saturated carbocycles. The lowest BCUT2D eigenvalue weighted by molar-refractivity contribution is 0.0240. The lowest BCUT2D eigenvalue weighted by Gasteiger charge is -2.38. The predicted octanol–water partition coefficient (Wildman–Crippen LogP) is 3.01. The van der Waals surface area contributed by atoms with Crippen molar-refractivity contribution in [3.8, 4) is 0 Å². The Morgan fingerprint density at radius 2 is 2.11 bits per heavy atom. The van der Waals surface area contributed by atoms with Gasteiger partial charge in [-0.1, -0.05) is 0 Å². The van der Waals surface area contributed by atoms with Gasteiger partial charge in [0.25, 0.3) is 0 Å². The molecule has 0 bridgehead atoms. The molecule has 1 aliphatic rings. The summed E-state index contributed by atoms with van der Waals surface area (Å²) in [7, 11) is 1.81. The predicted molar refractivity (Wildman–Crippen MR) is 80.0 cm³/mol. The largest absolute Gasteiger partial charge is 0.381 e. The minimum atomic E-state index is 0.148. The van der Waals surface area contributed by atoms with Crippen LogP contribution in [0, 0.1) is 0 Å². The van der Waals surface area contributed by atoms with Gasteiger partial charge in [0.15, 0.2) is 0 Å². The number of hydrogen-bond donors (Lipinski definition) is 1. The summed E-state index contributed by atoms with van der Waals surface area (Å²) in [6.07, 6.45) is 2.63. The molecule has 0 aromatic carbocycles. The Balaban J connectivity index is 2.07. The molecule has 1 aromatic rings. The van der Waals surface area contributed by atoms with Crippen LogP contribution in [0.4, 0.5) is 0 Å². The zero-order chi connectivity index (χ0) is 13.1. The van der Waals surface area contributed by atoms with Crippen LogP contribution in [0.1, 0.15) is 30.7 Å². The van der Waals surface area contributed by atoms with E-state index in [1.807, 2.05) is 0 Å². The number of ether oxygens (including phenoxy) is 1. The highest BCUT2D eigenvalue weighted by atomic mass is 79.9. The van der Waals surface area contributed by atoms with Crippen LogP contribution in [0.15, 0.2) is 15.9 Å². The van der Waals surface area contributed by atoms with E-state index in [4.69, 9.17) is 10.5 Å². The highest BCUT2D eigenvalue weighted by Gasteiger charge is 2.29. The number of methoxy groups -OCH3 is 1.